The maximum Gasteiger partial charge on any atom is 0.290 e. The minimum Gasteiger partial charge on any atom is -0.361 e. The second-order valence-corrected chi connectivity index (χ2v) is 10.4. The van der Waals surface area contributed by atoms with Crippen LogP contribution in [0, 0.1) is 26.7 Å². The molecule has 0 aromatic carbocycles. The molecule has 0 atom stereocenters. The SMILES string of the molecule is Cc1cc(CNCC2CCN(c3nccc(C=C4SC(=O)NC4=O)n3)CC2)nc(-c2c(C)noc2C)c1. The summed E-state index contributed by atoms with van der Waals surface area (Å²) < 4.78 is 5.32. The monoisotopic (exact) mass is 519 g/mol. The number of pyridine rings is 1. The number of carbonyl (C=O) groups is 2. The Bertz CT molecular complexity index is 1340. The van der Waals surface area contributed by atoms with Crippen molar-refractivity contribution in [1.82, 2.24) is 30.7 Å². The van der Waals surface area contributed by atoms with E-state index in [-0.39, 0.29) is 11.1 Å². The van der Waals surface area contributed by atoms with Crippen molar-refractivity contribution >= 4 is 34.9 Å². The molecule has 3 aromatic rings. The van der Waals surface area contributed by atoms with Crippen molar-refractivity contribution in [3.05, 3.63) is 57.7 Å². The van der Waals surface area contributed by atoms with Crippen LogP contribution in [0.4, 0.5) is 10.7 Å². The first kappa shape index (κ1) is 25.1. The van der Waals surface area contributed by atoms with Crippen LogP contribution < -0.4 is 15.5 Å². The van der Waals surface area contributed by atoms with Crippen LogP contribution >= 0.6 is 11.8 Å². The average Bonchev–Trinajstić information content (AvgIpc) is 3.38. The molecule has 37 heavy (non-hydrogen) atoms. The van der Waals surface area contributed by atoms with Crippen molar-refractivity contribution in [2.24, 2.45) is 5.92 Å². The Morgan fingerprint density at radius 1 is 1.19 bits per heavy atom. The first-order valence-electron chi connectivity index (χ1n) is 12.3. The fraction of sp³-hybridized carbons (Fsp3) is 0.385. The Morgan fingerprint density at radius 2 is 2.00 bits per heavy atom. The zero-order valence-electron chi connectivity index (χ0n) is 21.1. The number of aromatic nitrogens is 4. The van der Waals surface area contributed by atoms with Crippen molar-refractivity contribution in [1.29, 1.82) is 0 Å². The molecule has 2 N–H and O–H groups in total. The van der Waals surface area contributed by atoms with E-state index in [0.717, 1.165) is 78.2 Å². The fourth-order valence-electron chi connectivity index (χ4n) is 4.70. The van der Waals surface area contributed by atoms with Gasteiger partial charge in [-0.25, -0.2) is 9.97 Å². The number of rotatable bonds is 7. The molecule has 10 nitrogen and oxygen atoms in total. The number of nitrogens with one attached hydrogen (secondary N) is 2. The molecule has 0 bridgehead atoms. The number of nitrogens with zero attached hydrogens (tertiary/aromatic N) is 5. The fourth-order valence-corrected chi connectivity index (χ4v) is 5.37. The second-order valence-electron chi connectivity index (χ2n) is 9.42. The lowest BCUT2D eigenvalue weighted by atomic mass is 9.97. The number of aryl methyl sites for hydroxylation is 3. The maximum atomic E-state index is 11.8. The molecular weight excluding hydrogens is 490 g/mol. The summed E-state index contributed by atoms with van der Waals surface area (Å²) >= 11 is 0.887. The highest BCUT2D eigenvalue weighted by atomic mass is 32.2. The van der Waals surface area contributed by atoms with Gasteiger partial charge in [0, 0.05) is 25.8 Å². The van der Waals surface area contributed by atoms with Gasteiger partial charge in [-0.05, 0) is 87.7 Å². The van der Waals surface area contributed by atoms with Crippen LogP contribution in [0.25, 0.3) is 17.3 Å². The molecule has 2 fully saturated rings. The van der Waals surface area contributed by atoms with Crippen LogP contribution in [0.1, 0.15) is 41.2 Å². The van der Waals surface area contributed by atoms with Crippen LogP contribution in [0.5, 0.6) is 0 Å². The minimum absolute atomic E-state index is 0.348. The maximum absolute atomic E-state index is 11.8. The topological polar surface area (TPSA) is 126 Å². The summed E-state index contributed by atoms with van der Waals surface area (Å²) in [6.45, 7) is 9.27. The number of anilines is 1. The molecule has 2 amide bonds. The Hall–Kier alpha value is -3.57. The standard InChI is InChI=1S/C26H29N7O3S/c1-15-10-20(29-21(11-15)23-16(2)32-36-17(23)3)14-27-13-18-5-8-33(9-6-18)25-28-7-4-19(30-25)12-22-24(34)31-26(35)37-22/h4,7,10-12,18,27H,5-6,8-9,13-14H2,1-3H3,(H,31,34,35). The van der Waals surface area contributed by atoms with Crippen molar-refractivity contribution in [2.75, 3.05) is 24.5 Å². The van der Waals surface area contributed by atoms with E-state index in [2.05, 4.69) is 49.7 Å². The second kappa shape index (κ2) is 10.8. The third-order valence-corrected chi connectivity index (χ3v) is 7.34. The molecule has 2 aliphatic heterocycles. The zero-order valence-corrected chi connectivity index (χ0v) is 21.9. The molecule has 11 heteroatoms. The summed E-state index contributed by atoms with van der Waals surface area (Å²) in [7, 11) is 0. The molecule has 3 aromatic heterocycles. The third kappa shape index (κ3) is 5.89. The number of piperidine rings is 1. The van der Waals surface area contributed by atoms with Gasteiger partial charge in [-0.15, -0.1) is 0 Å². The lowest BCUT2D eigenvalue weighted by Crippen LogP contribution is -2.38. The smallest absolute Gasteiger partial charge is 0.290 e. The van der Waals surface area contributed by atoms with E-state index in [0.29, 0.717) is 29.0 Å². The van der Waals surface area contributed by atoms with Gasteiger partial charge in [0.05, 0.1) is 33.2 Å². The number of thioether (sulfide) groups is 1. The molecule has 0 unspecified atom stereocenters. The van der Waals surface area contributed by atoms with Gasteiger partial charge in [0.2, 0.25) is 5.95 Å². The number of hydrogen-bond donors (Lipinski definition) is 2. The first-order valence-corrected chi connectivity index (χ1v) is 13.1. The van der Waals surface area contributed by atoms with Crippen molar-refractivity contribution in [3.63, 3.8) is 0 Å². The normalized spacial score (nSPS) is 17.6. The highest BCUT2D eigenvalue weighted by Gasteiger charge is 2.26. The van der Waals surface area contributed by atoms with E-state index in [1.54, 1.807) is 18.3 Å². The molecule has 2 saturated heterocycles. The Kier molecular flexibility index (Phi) is 7.33. The van der Waals surface area contributed by atoms with Gasteiger partial charge >= 0.3 is 0 Å². The van der Waals surface area contributed by atoms with Gasteiger partial charge in [-0.1, -0.05) is 5.16 Å². The van der Waals surface area contributed by atoms with Gasteiger partial charge in [0.1, 0.15) is 5.76 Å². The molecule has 5 rings (SSSR count). The van der Waals surface area contributed by atoms with Gasteiger partial charge in [0.15, 0.2) is 0 Å². The predicted molar refractivity (Wildman–Crippen MR) is 142 cm³/mol. The molecular formula is C26H29N7O3S. The van der Waals surface area contributed by atoms with Crippen molar-refractivity contribution in [2.45, 2.75) is 40.2 Å². The van der Waals surface area contributed by atoms with Crippen LogP contribution in [-0.2, 0) is 11.3 Å². The summed E-state index contributed by atoms with van der Waals surface area (Å²) in [5.41, 5.74) is 5.50. The number of imide groups is 1. The predicted octanol–water partition coefficient (Wildman–Crippen LogP) is 3.78. The largest absolute Gasteiger partial charge is 0.361 e. The summed E-state index contributed by atoms with van der Waals surface area (Å²) in [6, 6.07) is 5.92. The third-order valence-electron chi connectivity index (χ3n) is 6.53. The molecule has 0 spiro atoms. The van der Waals surface area contributed by atoms with Gasteiger partial charge in [-0.3, -0.25) is 19.9 Å². The van der Waals surface area contributed by atoms with Crippen molar-refractivity contribution in [3.8, 4) is 11.3 Å². The lowest BCUT2D eigenvalue weighted by Gasteiger charge is -2.32. The molecule has 0 saturated carbocycles. The molecule has 0 radical (unpaired) electrons. The number of amides is 2. The quantitative estimate of drug-likeness (QED) is 0.445. The van der Waals surface area contributed by atoms with E-state index in [1.807, 2.05) is 13.8 Å². The van der Waals surface area contributed by atoms with E-state index in [9.17, 15) is 9.59 Å². The lowest BCUT2D eigenvalue weighted by molar-refractivity contribution is -0.115. The molecule has 192 valence electrons. The zero-order chi connectivity index (χ0) is 25.9. The summed E-state index contributed by atoms with van der Waals surface area (Å²) in [5.74, 6) is 1.60. The Morgan fingerprint density at radius 3 is 2.70 bits per heavy atom. The first-order chi connectivity index (χ1) is 17.9. The van der Waals surface area contributed by atoms with Crippen molar-refractivity contribution < 1.29 is 14.1 Å². The van der Waals surface area contributed by atoms with Crippen LogP contribution in [0.15, 0.2) is 33.8 Å². The molecule has 5 heterocycles. The molecule has 0 aliphatic carbocycles. The highest BCUT2D eigenvalue weighted by molar-refractivity contribution is 8.18. The summed E-state index contributed by atoms with van der Waals surface area (Å²) in [4.78, 5) is 39.6. The van der Waals surface area contributed by atoms with Crippen LogP contribution in [-0.4, -0.2) is 50.9 Å². The minimum atomic E-state index is -0.385. The van der Waals surface area contributed by atoms with Crippen LogP contribution in [0.2, 0.25) is 0 Å². The van der Waals surface area contributed by atoms with Crippen LogP contribution in [0.3, 0.4) is 0 Å². The Balaban J connectivity index is 1.14. The van der Waals surface area contributed by atoms with Gasteiger partial charge < -0.3 is 14.7 Å². The van der Waals surface area contributed by atoms with E-state index >= 15 is 0 Å². The average molecular weight is 520 g/mol. The Labute approximate surface area is 219 Å². The number of carbonyl (C=O) groups excluding carboxylic acids is 2. The number of hydrogen-bond acceptors (Lipinski definition) is 10. The van der Waals surface area contributed by atoms with E-state index in [4.69, 9.17) is 9.51 Å². The summed E-state index contributed by atoms with van der Waals surface area (Å²) in [5, 5.41) is 9.55. The van der Waals surface area contributed by atoms with E-state index < -0.39 is 0 Å². The highest BCUT2D eigenvalue weighted by Crippen LogP contribution is 2.27. The molecule has 2 aliphatic rings. The van der Waals surface area contributed by atoms with Gasteiger partial charge in [0.25, 0.3) is 11.1 Å². The summed E-state index contributed by atoms with van der Waals surface area (Å²) in [6.07, 6.45) is 5.37. The van der Waals surface area contributed by atoms with E-state index in [1.165, 1.54) is 0 Å². The van der Waals surface area contributed by atoms with Gasteiger partial charge in [-0.2, -0.15) is 0 Å².